The summed E-state index contributed by atoms with van der Waals surface area (Å²) in [7, 11) is 1.91. The molecule has 1 atom stereocenters. The summed E-state index contributed by atoms with van der Waals surface area (Å²) < 4.78 is 7.07. The second-order valence-corrected chi connectivity index (χ2v) is 7.02. The van der Waals surface area contributed by atoms with E-state index in [-0.39, 0.29) is 12.1 Å². The molecule has 2 rings (SSSR count). The van der Waals surface area contributed by atoms with Crippen molar-refractivity contribution in [2.75, 3.05) is 7.05 Å². The van der Waals surface area contributed by atoms with E-state index in [0.717, 1.165) is 21.2 Å². The maximum Gasteiger partial charge on any atom is 0.119 e. The first-order valence-electron chi connectivity index (χ1n) is 6.40. The Kier molecular flexibility index (Phi) is 5.33. The zero-order chi connectivity index (χ0) is 14.7. The van der Waals surface area contributed by atoms with Gasteiger partial charge in [-0.05, 0) is 44.7 Å². The third-order valence-corrected chi connectivity index (χ3v) is 4.39. The van der Waals surface area contributed by atoms with Gasteiger partial charge in [-0.2, -0.15) is 0 Å². The molecule has 0 aliphatic rings. The lowest BCUT2D eigenvalue weighted by molar-refractivity contribution is 0.242. The third-order valence-electron chi connectivity index (χ3n) is 2.87. The smallest absolute Gasteiger partial charge is 0.119 e. The highest BCUT2D eigenvalue weighted by Gasteiger charge is 2.18. The molecule has 1 N–H and O–H groups in total. The van der Waals surface area contributed by atoms with Crippen molar-refractivity contribution in [3.63, 3.8) is 0 Å². The maximum absolute atomic E-state index is 6.24. The zero-order valence-corrected chi connectivity index (χ0v) is 13.9. The summed E-state index contributed by atoms with van der Waals surface area (Å²) in [6.07, 6.45) is 0.172. The fraction of sp³-hybridized carbons (Fsp3) is 0.333. The highest BCUT2D eigenvalue weighted by molar-refractivity contribution is 7.20. The molecule has 0 saturated carbocycles. The van der Waals surface area contributed by atoms with Gasteiger partial charge in [0.05, 0.1) is 20.8 Å². The molecular weight excluding hydrogens is 313 g/mol. The largest absolute Gasteiger partial charge is 0.491 e. The second kappa shape index (κ2) is 6.81. The number of benzene rings is 1. The normalized spacial score (nSPS) is 12.7. The minimum Gasteiger partial charge on any atom is -0.491 e. The lowest BCUT2D eigenvalue weighted by Crippen LogP contribution is -2.17. The molecule has 1 heterocycles. The van der Waals surface area contributed by atoms with Crippen LogP contribution in [0.4, 0.5) is 0 Å². The lowest BCUT2D eigenvalue weighted by Gasteiger charge is -2.17. The highest BCUT2D eigenvalue weighted by Crippen LogP contribution is 2.37. The summed E-state index contributed by atoms with van der Waals surface area (Å²) in [5.74, 6) is 0.869. The minimum atomic E-state index is 0.0272. The standard InChI is InChI=1S/C15H17Cl2NOS/c1-9(2)19-11-6-4-10(5-7-11)14(18-3)12-8-13(16)20-15(12)17/h4-9,14,18H,1-3H3. The van der Waals surface area contributed by atoms with Crippen LogP contribution in [-0.4, -0.2) is 13.2 Å². The number of nitrogens with one attached hydrogen (secondary N) is 1. The Morgan fingerprint density at radius 3 is 2.25 bits per heavy atom. The van der Waals surface area contributed by atoms with Gasteiger partial charge in [0.2, 0.25) is 0 Å². The molecule has 1 aromatic carbocycles. The molecular formula is C15H17Cl2NOS. The van der Waals surface area contributed by atoms with Crippen LogP contribution in [0.1, 0.15) is 31.0 Å². The average Bonchev–Trinajstić information content (AvgIpc) is 2.71. The van der Waals surface area contributed by atoms with Crippen LogP contribution < -0.4 is 10.1 Å². The Bertz CT molecular complexity index is 566. The van der Waals surface area contributed by atoms with E-state index in [4.69, 9.17) is 27.9 Å². The van der Waals surface area contributed by atoms with Crippen LogP contribution in [0, 0.1) is 0 Å². The predicted octanol–water partition coefficient (Wildman–Crippen LogP) is 5.15. The monoisotopic (exact) mass is 329 g/mol. The Balaban J connectivity index is 2.26. The van der Waals surface area contributed by atoms with Gasteiger partial charge >= 0.3 is 0 Å². The fourth-order valence-electron chi connectivity index (χ4n) is 2.06. The molecule has 5 heteroatoms. The van der Waals surface area contributed by atoms with Crippen molar-refractivity contribution in [2.24, 2.45) is 0 Å². The van der Waals surface area contributed by atoms with Crippen molar-refractivity contribution < 1.29 is 4.74 Å². The second-order valence-electron chi connectivity index (χ2n) is 4.74. The van der Waals surface area contributed by atoms with E-state index in [2.05, 4.69) is 5.32 Å². The summed E-state index contributed by atoms with van der Waals surface area (Å²) in [6, 6.07) is 9.97. The summed E-state index contributed by atoms with van der Waals surface area (Å²) >= 11 is 13.6. The van der Waals surface area contributed by atoms with Gasteiger partial charge in [0.25, 0.3) is 0 Å². The van der Waals surface area contributed by atoms with Gasteiger partial charge in [-0.3, -0.25) is 0 Å². The van der Waals surface area contributed by atoms with E-state index in [9.17, 15) is 0 Å². The summed E-state index contributed by atoms with van der Waals surface area (Å²) in [4.78, 5) is 0. The van der Waals surface area contributed by atoms with E-state index in [1.807, 2.05) is 51.2 Å². The van der Waals surface area contributed by atoms with Gasteiger partial charge in [-0.15, -0.1) is 11.3 Å². The summed E-state index contributed by atoms with van der Waals surface area (Å²) in [5, 5.41) is 3.27. The number of thiophene rings is 1. The molecule has 0 fully saturated rings. The van der Waals surface area contributed by atoms with Crippen molar-refractivity contribution in [1.29, 1.82) is 0 Å². The number of halogens is 2. The minimum absolute atomic E-state index is 0.0272. The van der Waals surface area contributed by atoms with E-state index in [1.165, 1.54) is 11.3 Å². The van der Waals surface area contributed by atoms with Crippen molar-refractivity contribution in [2.45, 2.75) is 26.0 Å². The van der Waals surface area contributed by atoms with Crippen LogP contribution in [-0.2, 0) is 0 Å². The van der Waals surface area contributed by atoms with Gasteiger partial charge in [-0.25, -0.2) is 0 Å². The summed E-state index contributed by atoms with van der Waals surface area (Å²) in [5.41, 5.74) is 2.13. The number of hydrogen-bond donors (Lipinski definition) is 1. The maximum atomic E-state index is 6.24. The number of ether oxygens (including phenoxy) is 1. The van der Waals surface area contributed by atoms with Gasteiger partial charge < -0.3 is 10.1 Å². The Hall–Kier alpha value is -0.740. The molecule has 0 saturated heterocycles. The van der Waals surface area contributed by atoms with Crippen LogP contribution in [0.25, 0.3) is 0 Å². The van der Waals surface area contributed by atoms with Crippen LogP contribution in [0.2, 0.25) is 8.67 Å². The zero-order valence-electron chi connectivity index (χ0n) is 11.6. The molecule has 0 spiro atoms. The average molecular weight is 330 g/mol. The van der Waals surface area contributed by atoms with Crippen molar-refractivity contribution in [1.82, 2.24) is 5.32 Å². The molecule has 20 heavy (non-hydrogen) atoms. The lowest BCUT2D eigenvalue weighted by atomic mass is 10.0. The van der Waals surface area contributed by atoms with Gasteiger partial charge in [0, 0.05) is 5.56 Å². The van der Waals surface area contributed by atoms with E-state index < -0.39 is 0 Å². The fourth-order valence-corrected chi connectivity index (χ4v) is 3.59. The molecule has 1 unspecified atom stereocenters. The number of rotatable bonds is 5. The SMILES string of the molecule is CNC(c1ccc(OC(C)C)cc1)c1cc(Cl)sc1Cl. The van der Waals surface area contributed by atoms with Gasteiger partial charge in [-0.1, -0.05) is 35.3 Å². The van der Waals surface area contributed by atoms with Crippen molar-refractivity contribution in [3.8, 4) is 5.75 Å². The molecule has 108 valence electrons. The quantitative estimate of drug-likeness (QED) is 0.818. The molecule has 0 aliphatic heterocycles. The first-order chi connectivity index (χ1) is 9.51. The Morgan fingerprint density at radius 2 is 1.80 bits per heavy atom. The van der Waals surface area contributed by atoms with E-state index in [0.29, 0.717) is 4.34 Å². The molecule has 2 nitrogen and oxygen atoms in total. The third kappa shape index (κ3) is 3.67. The molecule has 0 aliphatic carbocycles. The molecule has 0 bridgehead atoms. The molecule has 2 aromatic rings. The number of hydrogen-bond acceptors (Lipinski definition) is 3. The van der Waals surface area contributed by atoms with Crippen LogP contribution in [0.15, 0.2) is 30.3 Å². The predicted molar refractivity (Wildman–Crippen MR) is 87.4 cm³/mol. The van der Waals surface area contributed by atoms with Crippen LogP contribution in [0.3, 0.4) is 0 Å². The molecule has 0 amide bonds. The first-order valence-corrected chi connectivity index (χ1v) is 7.97. The topological polar surface area (TPSA) is 21.3 Å². The van der Waals surface area contributed by atoms with Crippen molar-refractivity contribution >= 4 is 34.5 Å². The van der Waals surface area contributed by atoms with Crippen LogP contribution in [0.5, 0.6) is 5.75 Å². The highest BCUT2D eigenvalue weighted by atomic mass is 35.5. The van der Waals surface area contributed by atoms with Gasteiger partial charge in [0.1, 0.15) is 5.75 Å². The Labute approximate surface area is 133 Å². The molecule has 1 aromatic heterocycles. The van der Waals surface area contributed by atoms with E-state index in [1.54, 1.807) is 0 Å². The van der Waals surface area contributed by atoms with Crippen molar-refractivity contribution in [3.05, 3.63) is 50.1 Å². The first kappa shape index (κ1) is 15.6. The summed E-state index contributed by atoms with van der Waals surface area (Å²) in [6.45, 7) is 4.02. The van der Waals surface area contributed by atoms with E-state index >= 15 is 0 Å². The molecule has 0 radical (unpaired) electrons. The van der Waals surface area contributed by atoms with Gasteiger partial charge in [0.15, 0.2) is 0 Å². The Morgan fingerprint density at radius 1 is 1.15 bits per heavy atom. The van der Waals surface area contributed by atoms with Crippen LogP contribution >= 0.6 is 34.5 Å².